The maximum Gasteiger partial charge on any atom is 0.301 e. The average molecular weight is 277 g/mol. The summed E-state index contributed by atoms with van der Waals surface area (Å²) in [4.78, 5) is 14.3. The highest BCUT2D eigenvalue weighted by Crippen LogP contribution is 2.18. The Morgan fingerprint density at radius 1 is 1.47 bits per heavy atom. The first-order chi connectivity index (χ1) is 8.02. The Hall–Kier alpha value is -1.45. The fourth-order valence-corrected chi connectivity index (χ4v) is 2.19. The molecule has 2 aromatic heterocycles. The maximum atomic E-state index is 11.4. The lowest BCUT2D eigenvalue weighted by Crippen LogP contribution is -2.30. The van der Waals surface area contributed by atoms with Crippen molar-refractivity contribution in [2.24, 2.45) is 0 Å². The standard InChI is InChI=1S/C7H9ClN6O2S/c1-2-11-17(15,16)14-7-12-5(8)4-6(13-7)10-3-9-4/h3,11H,2H2,1H3,(H2,9,10,12,13,14). The van der Waals surface area contributed by atoms with E-state index in [1.165, 1.54) is 6.33 Å². The number of aromatic amines is 1. The number of aromatic nitrogens is 4. The summed E-state index contributed by atoms with van der Waals surface area (Å²) in [5.41, 5.74) is 0.747. The van der Waals surface area contributed by atoms with Gasteiger partial charge in [0.05, 0.1) is 6.33 Å². The number of nitrogens with zero attached hydrogens (tertiary/aromatic N) is 3. The number of hydrogen-bond donors (Lipinski definition) is 3. The van der Waals surface area contributed by atoms with E-state index >= 15 is 0 Å². The lowest BCUT2D eigenvalue weighted by atomic mass is 10.6. The van der Waals surface area contributed by atoms with Crippen molar-refractivity contribution < 1.29 is 8.42 Å². The van der Waals surface area contributed by atoms with Crippen LogP contribution in [0.1, 0.15) is 6.92 Å². The molecular weight excluding hydrogens is 268 g/mol. The van der Waals surface area contributed by atoms with E-state index in [4.69, 9.17) is 11.6 Å². The molecule has 0 saturated heterocycles. The second kappa shape index (κ2) is 4.43. The van der Waals surface area contributed by atoms with Gasteiger partial charge in [-0.2, -0.15) is 23.1 Å². The summed E-state index contributed by atoms with van der Waals surface area (Å²) in [5.74, 6) is -0.129. The molecule has 8 nitrogen and oxygen atoms in total. The highest BCUT2D eigenvalue weighted by Gasteiger charge is 2.13. The second-order valence-electron chi connectivity index (χ2n) is 3.04. The zero-order valence-corrected chi connectivity index (χ0v) is 10.3. The van der Waals surface area contributed by atoms with Crippen LogP contribution < -0.4 is 9.44 Å². The first-order valence-electron chi connectivity index (χ1n) is 4.66. The van der Waals surface area contributed by atoms with Crippen LogP contribution in [0.3, 0.4) is 0 Å². The van der Waals surface area contributed by atoms with Crippen LogP contribution in [0.25, 0.3) is 11.2 Å². The summed E-state index contributed by atoms with van der Waals surface area (Å²) < 4.78 is 27.2. The van der Waals surface area contributed by atoms with E-state index in [0.29, 0.717) is 11.2 Å². The van der Waals surface area contributed by atoms with Crippen LogP contribution in [0.4, 0.5) is 5.95 Å². The van der Waals surface area contributed by atoms with Crippen molar-refractivity contribution in [3.63, 3.8) is 0 Å². The third-order valence-corrected chi connectivity index (χ3v) is 3.20. The van der Waals surface area contributed by atoms with Gasteiger partial charge in [-0.1, -0.05) is 18.5 Å². The normalized spacial score (nSPS) is 11.9. The Morgan fingerprint density at radius 3 is 2.94 bits per heavy atom. The molecule has 0 unspecified atom stereocenters. The SMILES string of the molecule is CCNS(=O)(=O)Nc1nc(Cl)c2[nH]cnc2n1. The number of halogens is 1. The molecule has 0 spiro atoms. The largest absolute Gasteiger partial charge is 0.341 e. The molecule has 0 saturated carbocycles. The fourth-order valence-electron chi connectivity index (χ4n) is 1.19. The van der Waals surface area contributed by atoms with Gasteiger partial charge in [0.2, 0.25) is 5.95 Å². The molecule has 2 rings (SSSR count). The number of hydrogen-bond acceptors (Lipinski definition) is 5. The zero-order valence-electron chi connectivity index (χ0n) is 8.73. The zero-order chi connectivity index (χ0) is 12.5. The topological polar surface area (TPSA) is 113 Å². The Morgan fingerprint density at radius 2 is 2.24 bits per heavy atom. The van der Waals surface area contributed by atoms with Crippen molar-refractivity contribution in [1.82, 2.24) is 24.7 Å². The van der Waals surface area contributed by atoms with Crippen LogP contribution in [-0.2, 0) is 10.2 Å². The molecule has 0 atom stereocenters. The highest BCUT2D eigenvalue weighted by molar-refractivity contribution is 7.90. The molecule has 0 bridgehead atoms. The summed E-state index contributed by atoms with van der Waals surface area (Å²) in [6.45, 7) is 1.91. The van der Waals surface area contributed by atoms with Crippen LogP contribution in [0.2, 0.25) is 5.15 Å². The van der Waals surface area contributed by atoms with Crippen LogP contribution in [0.15, 0.2) is 6.33 Å². The van der Waals surface area contributed by atoms with Crippen LogP contribution >= 0.6 is 11.6 Å². The molecule has 0 aliphatic carbocycles. The molecule has 0 aliphatic heterocycles. The Bertz CT molecular complexity index is 639. The number of rotatable bonds is 4. The van der Waals surface area contributed by atoms with Crippen LogP contribution in [-0.4, -0.2) is 34.9 Å². The molecule has 17 heavy (non-hydrogen) atoms. The molecule has 2 heterocycles. The minimum atomic E-state index is -3.67. The summed E-state index contributed by atoms with van der Waals surface area (Å²) >= 11 is 5.83. The molecule has 0 amide bonds. The molecule has 10 heteroatoms. The highest BCUT2D eigenvalue weighted by atomic mass is 35.5. The number of nitrogens with one attached hydrogen (secondary N) is 3. The van der Waals surface area contributed by atoms with E-state index in [0.717, 1.165) is 0 Å². The first-order valence-corrected chi connectivity index (χ1v) is 6.52. The quantitative estimate of drug-likeness (QED) is 0.694. The number of anilines is 1. The van der Waals surface area contributed by atoms with Gasteiger partial charge >= 0.3 is 10.2 Å². The predicted octanol–water partition coefficient (Wildman–Crippen LogP) is 0.272. The molecule has 2 aromatic rings. The van der Waals surface area contributed by atoms with E-state index in [9.17, 15) is 8.42 Å². The van der Waals surface area contributed by atoms with Crippen LogP contribution in [0, 0.1) is 0 Å². The summed E-state index contributed by atoms with van der Waals surface area (Å²) in [5, 5.41) is 0.0988. The van der Waals surface area contributed by atoms with Crippen molar-refractivity contribution in [3.05, 3.63) is 11.5 Å². The second-order valence-corrected chi connectivity index (χ2v) is 4.90. The summed E-state index contributed by atoms with van der Waals surface area (Å²) in [6.07, 6.45) is 1.40. The molecule has 0 radical (unpaired) electrons. The van der Waals surface area contributed by atoms with E-state index in [1.807, 2.05) is 0 Å². The maximum absolute atomic E-state index is 11.4. The van der Waals surface area contributed by atoms with Gasteiger partial charge < -0.3 is 4.98 Å². The minimum Gasteiger partial charge on any atom is -0.341 e. The van der Waals surface area contributed by atoms with Gasteiger partial charge in [0, 0.05) is 6.54 Å². The smallest absolute Gasteiger partial charge is 0.301 e. The molecule has 0 aromatic carbocycles. The lowest BCUT2D eigenvalue weighted by Gasteiger charge is -2.06. The average Bonchev–Trinajstić information content (AvgIpc) is 2.64. The Kier molecular flexibility index (Phi) is 3.13. The minimum absolute atomic E-state index is 0.0988. The van der Waals surface area contributed by atoms with E-state index in [1.54, 1.807) is 6.92 Å². The number of imidazole rings is 1. The Labute approximate surface area is 102 Å². The van der Waals surface area contributed by atoms with Gasteiger partial charge in [0.25, 0.3) is 0 Å². The Balaban J connectivity index is 2.37. The molecular formula is C7H9ClN6O2S. The van der Waals surface area contributed by atoms with Gasteiger partial charge in [0.15, 0.2) is 10.8 Å². The van der Waals surface area contributed by atoms with Crippen LogP contribution in [0.5, 0.6) is 0 Å². The monoisotopic (exact) mass is 276 g/mol. The summed E-state index contributed by atoms with van der Waals surface area (Å²) in [7, 11) is -3.67. The summed E-state index contributed by atoms with van der Waals surface area (Å²) in [6, 6.07) is 0. The number of H-pyrrole nitrogens is 1. The fraction of sp³-hybridized carbons (Fsp3) is 0.286. The van der Waals surface area contributed by atoms with E-state index in [-0.39, 0.29) is 17.6 Å². The molecule has 0 fully saturated rings. The van der Waals surface area contributed by atoms with Crippen molar-refractivity contribution in [3.8, 4) is 0 Å². The van der Waals surface area contributed by atoms with Gasteiger partial charge in [0.1, 0.15) is 5.52 Å². The molecule has 92 valence electrons. The van der Waals surface area contributed by atoms with Crippen molar-refractivity contribution in [2.45, 2.75) is 6.92 Å². The molecule has 0 aliphatic rings. The van der Waals surface area contributed by atoms with Gasteiger partial charge in [-0.15, -0.1) is 0 Å². The van der Waals surface area contributed by atoms with Crippen molar-refractivity contribution in [2.75, 3.05) is 11.3 Å². The third-order valence-electron chi connectivity index (χ3n) is 1.80. The number of fused-ring (bicyclic) bond motifs is 1. The van der Waals surface area contributed by atoms with Gasteiger partial charge in [-0.25, -0.2) is 9.71 Å². The van der Waals surface area contributed by atoms with E-state index in [2.05, 4.69) is 29.4 Å². The predicted molar refractivity (Wildman–Crippen MR) is 62.9 cm³/mol. The van der Waals surface area contributed by atoms with E-state index < -0.39 is 10.2 Å². The first kappa shape index (κ1) is 12.0. The molecule has 3 N–H and O–H groups in total. The van der Waals surface area contributed by atoms with Crippen molar-refractivity contribution >= 4 is 38.9 Å². The van der Waals surface area contributed by atoms with Gasteiger partial charge in [-0.05, 0) is 0 Å². The van der Waals surface area contributed by atoms with Gasteiger partial charge in [-0.3, -0.25) is 0 Å². The van der Waals surface area contributed by atoms with Crippen molar-refractivity contribution in [1.29, 1.82) is 0 Å². The third kappa shape index (κ3) is 2.62. The lowest BCUT2D eigenvalue weighted by molar-refractivity contribution is 0.589.